The third kappa shape index (κ3) is 5.25. The van der Waals surface area contributed by atoms with Crippen LogP contribution < -0.4 is 0 Å². The van der Waals surface area contributed by atoms with Crippen LogP contribution >= 0.6 is 11.8 Å². The molecule has 0 bridgehead atoms. The lowest BCUT2D eigenvalue weighted by Crippen LogP contribution is -2.31. The first-order valence-electron chi connectivity index (χ1n) is 8.75. The minimum atomic E-state index is 0.229. The lowest BCUT2D eigenvalue weighted by molar-refractivity contribution is -0.130. The molecule has 2 fully saturated rings. The number of hydrogen-bond acceptors (Lipinski definition) is 3. The van der Waals surface area contributed by atoms with Gasteiger partial charge >= 0.3 is 0 Å². The van der Waals surface area contributed by atoms with Crippen molar-refractivity contribution < 1.29 is 9.53 Å². The average molecular weight is 333 g/mol. The number of carbonyl (C=O) groups excluding carboxylic acids is 1. The van der Waals surface area contributed by atoms with E-state index in [4.69, 9.17) is 4.74 Å². The molecule has 1 aliphatic carbocycles. The number of rotatable bonds is 7. The van der Waals surface area contributed by atoms with Gasteiger partial charge in [0.1, 0.15) is 0 Å². The Bertz CT molecular complexity index is 525. The first kappa shape index (κ1) is 16.8. The molecule has 1 aromatic carbocycles. The van der Waals surface area contributed by atoms with Gasteiger partial charge in [0, 0.05) is 29.8 Å². The van der Waals surface area contributed by atoms with Crippen LogP contribution in [0.5, 0.6) is 0 Å². The van der Waals surface area contributed by atoms with Gasteiger partial charge in [0.2, 0.25) is 5.91 Å². The fourth-order valence-electron chi connectivity index (χ4n) is 2.89. The van der Waals surface area contributed by atoms with Crippen molar-refractivity contribution in [3.63, 3.8) is 0 Å². The number of thioether (sulfide) groups is 1. The Kier molecular flexibility index (Phi) is 5.65. The molecule has 1 saturated carbocycles. The summed E-state index contributed by atoms with van der Waals surface area (Å²) in [6.07, 6.45) is 4.38. The fraction of sp³-hybridized carbons (Fsp3) is 0.632. The summed E-state index contributed by atoms with van der Waals surface area (Å²) in [5, 5.41) is 0.583. The van der Waals surface area contributed by atoms with Crippen LogP contribution in [-0.4, -0.2) is 41.9 Å². The van der Waals surface area contributed by atoms with Gasteiger partial charge in [0.15, 0.2) is 0 Å². The normalized spacial score (nSPS) is 21.2. The van der Waals surface area contributed by atoms with Crippen molar-refractivity contribution in [3.8, 4) is 0 Å². The summed E-state index contributed by atoms with van der Waals surface area (Å²) in [5.41, 5.74) is 1.10. The van der Waals surface area contributed by atoms with E-state index in [-0.39, 0.29) is 12.0 Å². The van der Waals surface area contributed by atoms with Crippen LogP contribution in [-0.2, 0) is 16.0 Å². The molecule has 1 aliphatic heterocycles. The molecule has 0 spiro atoms. The number of hydrogen-bond donors (Lipinski definition) is 0. The SMILES string of the molecule is CC(C)Sc1ccc(CC(=O)N2CCC(OCC3CC3)C2)cc1. The number of carbonyl (C=O) groups is 1. The molecule has 1 aromatic rings. The number of likely N-dealkylation sites (tertiary alicyclic amines) is 1. The zero-order chi connectivity index (χ0) is 16.2. The van der Waals surface area contributed by atoms with Crippen molar-refractivity contribution in [3.05, 3.63) is 29.8 Å². The highest BCUT2D eigenvalue weighted by Crippen LogP contribution is 2.30. The summed E-state index contributed by atoms with van der Waals surface area (Å²) in [4.78, 5) is 15.7. The van der Waals surface area contributed by atoms with E-state index in [9.17, 15) is 4.79 Å². The molecule has 23 heavy (non-hydrogen) atoms. The summed E-state index contributed by atoms with van der Waals surface area (Å²) in [7, 11) is 0. The third-order valence-corrected chi connectivity index (χ3v) is 5.43. The Balaban J connectivity index is 1.45. The smallest absolute Gasteiger partial charge is 0.227 e. The van der Waals surface area contributed by atoms with Gasteiger partial charge in [0.25, 0.3) is 0 Å². The van der Waals surface area contributed by atoms with Gasteiger partial charge in [0.05, 0.1) is 12.5 Å². The Hall–Kier alpha value is -1.00. The second kappa shape index (κ2) is 7.71. The molecule has 4 heteroatoms. The topological polar surface area (TPSA) is 29.5 Å². The lowest BCUT2D eigenvalue weighted by atomic mass is 10.1. The predicted octanol–water partition coefficient (Wildman–Crippen LogP) is 3.76. The van der Waals surface area contributed by atoms with Crippen molar-refractivity contribution in [2.24, 2.45) is 5.92 Å². The van der Waals surface area contributed by atoms with E-state index >= 15 is 0 Å². The highest BCUT2D eigenvalue weighted by Gasteiger charge is 2.29. The molecule has 1 unspecified atom stereocenters. The molecule has 0 N–H and O–H groups in total. The molecule has 3 nitrogen and oxygen atoms in total. The summed E-state index contributed by atoms with van der Waals surface area (Å²) < 4.78 is 5.91. The number of benzene rings is 1. The summed E-state index contributed by atoms with van der Waals surface area (Å²) in [6, 6.07) is 8.41. The van der Waals surface area contributed by atoms with Gasteiger partial charge in [-0.25, -0.2) is 0 Å². The summed E-state index contributed by atoms with van der Waals surface area (Å²) in [6.45, 7) is 6.89. The zero-order valence-corrected chi connectivity index (χ0v) is 15.0. The summed E-state index contributed by atoms with van der Waals surface area (Å²) >= 11 is 1.85. The first-order valence-corrected chi connectivity index (χ1v) is 9.63. The van der Waals surface area contributed by atoms with Gasteiger partial charge < -0.3 is 9.64 Å². The van der Waals surface area contributed by atoms with Crippen LogP contribution in [0.1, 0.15) is 38.7 Å². The van der Waals surface area contributed by atoms with E-state index in [0.29, 0.717) is 11.7 Å². The standard InChI is InChI=1S/C19H27NO2S/c1-14(2)23-18-7-5-15(6-8-18)11-19(21)20-10-9-17(12-20)22-13-16-3-4-16/h5-8,14,16-17H,3-4,9-13H2,1-2H3. The number of nitrogens with zero attached hydrogens (tertiary/aromatic N) is 1. The maximum Gasteiger partial charge on any atom is 0.227 e. The Labute approximate surface area is 143 Å². The van der Waals surface area contributed by atoms with Crippen molar-refractivity contribution in [2.45, 2.75) is 55.8 Å². The highest BCUT2D eigenvalue weighted by molar-refractivity contribution is 7.99. The maximum absolute atomic E-state index is 12.4. The molecule has 0 aromatic heterocycles. The Morgan fingerprint density at radius 1 is 1.26 bits per heavy atom. The zero-order valence-electron chi connectivity index (χ0n) is 14.2. The molecule has 3 rings (SSSR count). The quantitative estimate of drug-likeness (QED) is 0.712. The molecule has 1 atom stereocenters. The highest BCUT2D eigenvalue weighted by atomic mass is 32.2. The second-order valence-corrected chi connectivity index (χ2v) is 8.66. The van der Waals surface area contributed by atoms with Gasteiger partial charge in [-0.2, -0.15) is 0 Å². The first-order chi connectivity index (χ1) is 11.1. The van der Waals surface area contributed by atoms with E-state index in [0.717, 1.165) is 37.6 Å². The van der Waals surface area contributed by atoms with Crippen molar-refractivity contribution in [1.82, 2.24) is 4.90 Å². The van der Waals surface area contributed by atoms with E-state index in [1.54, 1.807) is 0 Å². The summed E-state index contributed by atoms with van der Waals surface area (Å²) in [5.74, 6) is 1.02. The predicted molar refractivity (Wildman–Crippen MR) is 94.8 cm³/mol. The van der Waals surface area contributed by atoms with Crippen LogP contribution in [0.4, 0.5) is 0 Å². The van der Waals surface area contributed by atoms with Gasteiger partial charge in [-0.05, 0) is 42.9 Å². The van der Waals surface area contributed by atoms with Crippen molar-refractivity contribution in [1.29, 1.82) is 0 Å². The second-order valence-electron chi connectivity index (χ2n) is 7.01. The molecule has 1 heterocycles. The van der Waals surface area contributed by atoms with Gasteiger partial charge in [-0.3, -0.25) is 4.79 Å². The van der Waals surface area contributed by atoms with Crippen molar-refractivity contribution >= 4 is 17.7 Å². The van der Waals surface area contributed by atoms with Crippen molar-refractivity contribution in [2.75, 3.05) is 19.7 Å². The van der Waals surface area contributed by atoms with Crippen LogP contribution in [0.25, 0.3) is 0 Å². The van der Waals surface area contributed by atoms with E-state index in [2.05, 4.69) is 38.1 Å². The minimum Gasteiger partial charge on any atom is -0.376 e. The van der Waals surface area contributed by atoms with Crippen LogP contribution in [0.3, 0.4) is 0 Å². The Morgan fingerprint density at radius 2 is 2.00 bits per heavy atom. The Morgan fingerprint density at radius 3 is 2.65 bits per heavy atom. The minimum absolute atomic E-state index is 0.229. The fourth-order valence-corrected chi connectivity index (χ4v) is 3.73. The number of amides is 1. The molecule has 2 aliphatic rings. The molecule has 1 amide bonds. The van der Waals surface area contributed by atoms with Crippen LogP contribution in [0.15, 0.2) is 29.2 Å². The number of ether oxygens (including phenoxy) is 1. The van der Waals surface area contributed by atoms with Gasteiger partial charge in [-0.1, -0.05) is 26.0 Å². The van der Waals surface area contributed by atoms with E-state index < -0.39 is 0 Å². The molecule has 0 radical (unpaired) electrons. The monoisotopic (exact) mass is 333 g/mol. The average Bonchev–Trinajstić information content (AvgIpc) is 3.23. The molecule has 126 valence electrons. The molecular weight excluding hydrogens is 306 g/mol. The lowest BCUT2D eigenvalue weighted by Gasteiger charge is -2.17. The van der Waals surface area contributed by atoms with E-state index in [1.165, 1.54) is 17.7 Å². The molecule has 1 saturated heterocycles. The maximum atomic E-state index is 12.4. The third-order valence-electron chi connectivity index (χ3n) is 4.41. The largest absolute Gasteiger partial charge is 0.376 e. The van der Waals surface area contributed by atoms with Crippen LogP contribution in [0.2, 0.25) is 0 Å². The van der Waals surface area contributed by atoms with Gasteiger partial charge in [-0.15, -0.1) is 11.8 Å². The van der Waals surface area contributed by atoms with E-state index in [1.807, 2.05) is 16.7 Å². The van der Waals surface area contributed by atoms with Crippen LogP contribution in [0, 0.1) is 5.92 Å². The molecular formula is C19H27NO2S.